The highest BCUT2D eigenvalue weighted by molar-refractivity contribution is 6.32. The smallest absolute Gasteiger partial charge is 0.190 e. The second-order valence-corrected chi connectivity index (χ2v) is 9.83. The molecule has 0 aromatic heterocycles. The fourth-order valence-corrected chi connectivity index (χ4v) is 7.02. The number of carbonyl (C=O) groups is 2. The monoisotopic (exact) mass is 412 g/mol. The number of ketones is 2. The molecule has 2 saturated carbocycles. The van der Waals surface area contributed by atoms with Crippen LogP contribution in [-0.4, -0.2) is 50.9 Å². The fraction of sp³-hybridized carbons (Fsp3) is 0.714. The Labute approximate surface area is 168 Å². The molecule has 0 aromatic carbocycles. The Morgan fingerprint density at radius 1 is 1.32 bits per heavy atom. The normalized spacial score (nSPS) is 50.2. The van der Waals surface area contributed by atoms with E-state index < -0.39 is 52.3 Å². The Morgan fingerprint density at radius 3 is 2.64 bits per heavy atom. The third-order valence-corrected chi connectivity index (χ3v) is 8.80. The molecule has 4 rings (SSSR count). The van der Waals surface area contributed by atoms with Crippen molar-refractivity contribution in [2.45, 2.75) is 63.3 Å². The van der Waals surface area contributed by atoms with Gasteiger partial charge in [-0.2, -0.15) is 0 Å². The van der Waals surface area contributed by atoms with Gasteiger partial charge >= 0.3 is 0 Å². The van der Waals surface area contributed by atoms with Gasteiger partial charge in [-0.1, -0.05) is 31.5 Å². The van der Waals surface area contributed by atoms with Gasteiger partial charge in [0.25, 0.3) is 0 Å². The van der Waals surface area contributed by atoms with Gasteiger partial charge in [0.05, 0.1) is 0 Å². The molecule has 0 amide bonds. The first kappa shape index (κ1) is 20.2. The second kappa shape index (κ2) is 5.97. The lowest BCUT2D eigenvalue weighted by Crippen LogP contribution is -2.64. The Kier molecular flexibility index (Phi) is 4.31. The number of allylic oxidation sites excluding steroid dienone is 3. The minimum atomic E-state index is -1.75. The van der Waals surface area contributed by atoms with Crippen LogP contribution in [0.2, 0.25) is 0 Å². The van der Waals surface area contributed by atoms with E-state index in [1.54, 1.807) is 19.9 Å². The number of halogens is 2. The van der Waals surface area contributed by atoms with Crippen LogP contribution in [0.4, 0.5) is 4.39 Å². The van der Waals surface area contributed by atoms with E-state index >= 15 is 4.39 Å². The number of carbonyl (C=O) groups excluding carboxylic acids is 2. The van der Waals surface area contributed by atoms with Crippen LogP contribution in [0.5, 0.6) is 0 Å². The molecule has 0 radical (unpaired) electrons. The maximum Gasteiger partial charge on any atom is 0.190 e. The van der Waals surface area contributed by atoms with Gasteiger partial charge < -0.3 is 15.3 Å². The van der Waals surface area contributed by atoms with Crippen molar-refractivity contribution < 1.29 is 29.3 Å². The number of aliphatic hydroxyl groups excluding tert-OH is 2. The molecular formula is C21H26ClFO5. The van der Waals surface area contributed by atoms with Crippen molar-refractivity contribution >= 4 is 23.2 Å². The summed E-state index contributed by atoms with van der Waals surface area (Å²) in [5.74, 6) is -2.08. The standard InChI is InChI=1S/C21H26ClFO5/c1-18-5-6-20(23)12(11(18)3-4-21(18,28)17(27)10-24)7-14(22)13-8-15(25)16(26)9-19(13,20)2/h7-8,11-12,16,24,26,28H,3-6,9-10H2,1-2H3/t11-,12-,16?,18-,19-,20+,21-/m0/s1. The summed E-state index contributed by atoms with van der Waals surface area (Å²) in [6.07, 6.45) is 2.54. The zero-order valence-corrected chi connectivity index (χ0v) is 16.8. The van der Waals surface area contributed by atoms with Gasteiger partial charge in [-0.05, 0) is 49.7 Å². The van der Waals surface area contributed by atoms with Crippen molar-refractivity contribution in [3.8, 4) is 0 Å². The lowest BCUT2D eigenvalue weighted by Gasteiger charge is -2.60. The van der Waals surface area contributed by atoms with Crippen LogP contribution < -0.4 is 0 Å². The summed E-state index contributed by atoms with van der Waals surface area (Å²) in [7, 11) is 0. The largest absolute Gasteiger partial charge is 0.388 e. The summed E-state index contributed by atoms with van der Waals surface area (Å²) in [6.45, 7) is 2.76. The molecule has 0 heterocycles. The van der Waals surface area contributed by atoms with Crippen LogP contribution in [0.1, 0.15) is 46.0 Å². The maximum atomic E-state index is 16.8. The molecule has 1 unspecified atom stereocenters. The highest BCUT2D eigenvalue weighted by atomic mass is 35.5. The maximum absolute atomic E-state index is 16.8. The van der Waals surface area contributed by atoms with E-state index in [4.69, 9.17) is 11.6 Å². The quantitative estimate of drug-likeness (QED) is 0.646. The predicted octanol–water partition coefficient (Wildman–Crippen LogP) is 2.22. The van der Waals surface area contributed by atoms with E-state index in [2.05, 4.69) is 0 Å². The number of rotatable bonds is 2. The average Bonchev–Trinajstić information content (AvgIpc) is 2.92. The molecule has 0 spiro atoms. The van der Waals surface area contributed by atoms with Gasteiger partial charge in [0, 0.05) is 21.8 Å². The summed E-state index contributed by atoms with van der Waals surface area (Å²) in [5, 5.41) is 31.0. The van der Waals surface area contributed by atoms with Crippen LogP contribution in [0.15, 0.2) is 22.8 Å². The first-order valence-electron chi connectivity index (χ1n) is 9.82. The van der Waals surface area contributed by atoms with E-state index in [-0.39, 0.29) is 31.6 Å². The van der Waals surface area contributed by atoms with Crippen LogP contribution in [-0.2, 0) is 9.59 Å². The van der Waals surface area contributed by atoms with Crippen molar-refractivity contribution in [2.75, 3.05) is 6.61 Å². The van der Waals surface area contributed by atoms with Gasteiger partial charge in [-0.3, -0.25) is 9.59 Å². The molecule has 28 heavy (non-hydrogen) atoms. The molecule has 7 heteroatoms. The van der Waals surface area contributed by atoms with Crippen molar-refractivity contribution in [1.82, 2.24) is 0 Å². The van der Waals surface area contributed by atoms with E-state index in [0.717, 1.165) is 0 Å². The van der Waals surface area contributed by atoms with Crippen molar-refractivity contribution in [3.63, 3.8) is 0 Å². The Morgan fingerprint density at radius 2 is 2.00 bits per heavy atom. The summed E-state index contributed by atoms with van der Waals surface area (Å²) >= 11 is 6.49. The number of Topliss-reactive ketones (excluding diaryl/α,β-unsaturated/α-hetero) is 1. The first-order chi connectivity index (χ1) is 12.9. The van der Waals surface area contributed by atoms with Crippen LogP contribution in [0, 0.1) is 22.7 Å². The molecule has 0 aromatic rings. The van der Waals surface area contributed by atoms with E-state index in [1.807, 2.05) is 0 Å². The van der Waals surface area contributed by atoms with Gasteiger partial charge in [0.1, 0.15) is 24.0 Å². The predicted molar refractivity (Wildman–Crippen MR) is 100 cm³/mol. The minimum Gasteiger partial charge on any atom is -0.388 e. The topological polar surface area (TPSA) is 94.8 Å². The number of hydrogen-bond donors (Lipinski definition) is 3. The highest BCUT2D eigenvalue weighted by Gasteiger charge is 2.71. The molecule has 3 N–H and O–H groups in total. The van der Waals surface area contributed by atoms with Crippen molar-refractivity contribution in [1.29, 1.82) is 0 Å². The molecule has 0 bridgehead atoms. The number of alkyl halides is 1. The molecule has 4 aliphatic carbocycles. The van der Waals surface area contributed by atoms with Crippen molar-refractivity contribution in [2.24, 2.45) is 22.7 Å². The summed E-state index contributed by atoms with van der Waals surface area (Å²) < 4.78 is 16.8. The van der Waals surface area contributed by atoms with Gasteiger partial charge in [-0.15, -0.1) is 0 Å². The molecular weight excluding hydrogens is 387 g/mol. The minimum absolute atomic E-state index is 0.0437. The zero-order valence-electron chi connectivity index (χ0n) is 16.0. The lowest BCUT2D eigenvalue weighted by molar-refractivity contribution is -0.175. The van der Waals surface area contributed by atoms with Crippen LogP contribution >= 0.6 is 11.6 Å². The Bertz CT molecular complexity index is 824. The molecule has 2 fully saturated rings. The van der Waals surface area contributed by atoms with Crippen molar-refractivity contribution in [3.05, 3.63) is 22.8 Å². The zero-order chi connectivity index (χ0) is 20.7. The molecule has 0 aliphatic heterocycles. The molecule has 0 saturated heterocycles. The van der Waals surface area contributed by atoms with Gasteiger partial charge in [0.2, 0.25) is 0 Å². The second-order valence-electron chi connectivity index (χ2n) is 9.42. The highest BCUT2D eigenvalue weighted by Crippen LogP contribution is 2.70. The van der Waals surface area contributed by atoms with E-state index in [0.29, 0.717) is 17.0 Å². The van der Waals surface area contributed by atoms with E-state index in [9.17, 15) is 24.9 Å². The van der Waals surface area contributed by atoms with Crippen LogP contribution in [0.3, 0.4) is 0 Å². The summed E-state index contributed by atoms with van der Waals surface area (Å²) in [6, 6.07) is 0. The average molecular weight is 413 g/mol. The number of fused-ring (bicyclic) bond motifs is 5. The van der Waals surface area contributed by atoms with Gasteiger partial charge in [0.15, 0.2) is 11.6 Å². The third kappa shape index (κ3) is 2.18. The molecule has 5 nitrogen and oxygen atoms in total. The molecule has 154 valence electrons. The summed E-state index contributed by atoms with van der Waals surface area (Å²) in [5.41, 5.74) is -5.02. The van der Waals surface area contributed by atoms with E-state index in [1.165, 1.54) is 6.08 Å². The third-order valence-electron chi connectivity index (χ3n) is 8.47. The Balaban J connectivity index is 1.84. The number of aliphatic hydroxyl groups is 3. The molecule has 4 aliphatic rings. The number of hydrogen-bond acceptors (Lipinski definition) is 5. The fourth-order valence-electron chi connectivity index (χ4n) is 6.62. The summed E-state index contributed by atoms with van der Waals surface area (Å²) in [4.78, 5) is 24.4. The SMILES string of the molecule is C[C@]12CC(O)C(=O)C=C1C(Cl)=C[C@H]1[C@@H]3CC[C@](O)(C(=O)CO)[C@@]3(C)CC[C@@]12F. The lowest BCUT2D eigenvalue weighted by atomic mass is 9.46. The van der Waals surface area contributed by atoms with Gasteiger partial charge in [-0.25, -0.2) is 4.39 Å². The molecule has 7 atom stereocenters. The van der Waals surface area contributed by atoms with Crippen LogP contribution in [0.25, 0.3) is 0 Å². The first-order valence-corrected chi connectivity index (χ1v) is 10.2. The Hall–Kier alpha value is -1.08.